The van der Waals surface area contributed by atoms with Gasteiger partial charge in [-0.15, -0.1) is 11.8 Å². The second-order valence-electron chi connectivity index (χ2n) is 4.51. The van der Waals surface area contributed by atoms with Crippen LogP contribution >= 0.6 is 46.6 Å². The normalized spacial score (nSPS) is 10.4. The van der Waals surface area contributed by atoms with E-state index in [2.05, 4.69) is 15.6 Å². The van der Waals surface area contributed by atoms with E-state index in [-0.39, 0.29) is 5.91 Å². The number of rotatable bonds is 6. The lowest BCUT2D eigenvalue weighted by Crippen LogP contribution is -2.29. The lowest BCUT2D eigenvalue weighted by atomic mass is 10.2. The van der Waals surface area contributed by atoms with Crippen molar-refractivity contribution in [2.24, 2.45) is 0 Å². The molecule has 0 unspecified atom stereocenters. The highest BCUT2D eigenvalue weighted by Gasteiger charge is 2.10. The molecule has 1 aromatic heterocycles. The molecular weight excluding hydrogens is 377 g/mol. The first-order chi connectivity index (χ1) is 11.0. The third-order valence-corrected chi connectivity index (χ3v) is 4.48. The molecule has 0 fully saturated rings. The van der Waals surface area contributed by atoms with E-state index in [4.69, 9.17) is 34.8 Å². The van der Waals surface area contributed by atoms with Crippen LogP contribution in [0.1, 0.15) is 10.4 Å². The average Bonchev–Trinajstić information content (AvgIpc) is 2.53. The summed E-state index contributed by atoms with van der Waals surface area (Å²) in [4.78, 5) is 17.2. The van der Waals surface area contributed by atoms with Crippen molar-refractivity contribution in [3.63, 3.8) is 0 Å². The van der Waals surface area contributed by atoms with Crippen molar-refractivity contribution in [3.05, 3.63) is 51.1 Å². The summed E-state index contributed by atoms with van der Waals surface area (Å²) in [7, 11) is 0. The molecule has 0 aliphatic heterocycles. The van der Waals surface area contributed by atoms with E-state index in [1.807, 2.05) is 12.3 Å². The highest BCUT2D eigenvalue weighted by molar-refractivity contribution is 7.98. The fraction of sp³-hybridized carbons (Fsp3) is 0.200. The molecule has 1 aromatic carbocycles. The van der Waals surface area contributed by atoms with Gasteiger partial charge in [0.2, 0.25) is 0 Å². The average molecular weight is 391 g/mol. The largest absolute Gasteiger partial charge is 0.367 e. The summed E-state index contributed by atoms with van der Waals surface area (Å²) < 4.78 is 0. The predicted molar refractivity (Wildman–Crippen MR) is 98.3 cm³/mol. The van der Waals surface area contributed by atoms with Crippen LogP contribution in [-0.4, -0.2) is 30.2 Å². The predicted octanol–water partition coefficient (Wildman–Crippen LogP) is 4.61. The maximum Gasteiger partial charge on any atom is 0.252 e. The smallest absolute Gasteiger partial charge is 0.252 e. The van der Waals surface area contributed by atoms with Gasteiger partial charge in [0.15, 0.2) is 0 Å². The van der Waals surface area contributed by atoms with Crippen LogP contribution in [-0.2, 0) is 0 Å². The molecule has 2 rings (SSSR count). The summed E-state index contributed by atoms with van der Waals surface area (Å²) in [5, 5.41) is 7.16. The van der Waals surface area contributed by atoms with Crippen molar-refractivity contribution in [2.75, 3.05) is 24.7 Å². The summed E-state index contributed by atoms with van der Waals surface area (Å²) in [5.74, 6) is 0.301. The van der Waals surface area contributed by atoms with Crippen LogP contribution in [0.3, 0.4) is 0 Å². The van der Waals surface area contributed by atoms with E-state index < -0.39 is 0 Å². The van der Waals surface area contributed by atoms with Gasteiger partial charge >= 0.3 is 0 Å². The topological polar surface area (TPSA) is 54.0 Å². The number of halogens is 3. The Bertz CT molecular complexity index is 712. The second kappa shape index (κ2) is 8.64. The van der Waals surface area contributed by atoms with Gasteiger partial charge in [-0.05, 0) is 30.5 Å². The number of thioether (sulfide) groups is 1. The number of nitrogens with one attached hydrogen (secondary N) is 2. The zero-order chi connectivity index (χ0) is 16.8. The lowest BCUT2D eigenvalue weighted by molar-refractivity contribution is 0.0955. The third-order valence-electron chi connectivity index (χ3n) is 2.93. The van der Waals surface area contributed by atoms with Crippen molar-refractivity contribution in [2.45, 2.75) is 4.90 Å². The van der Waals surface area contributed by atoms with Gasteiger partial charge in [0.25, 0.3) is 5.91 Å². The Labute approximate surface area is 153 Å². The number of aromatic nitrogens is 1. The molecule has 8 heteroatoms. The fourth-order valence-corrected chi connectivity index (χ4v) is 2.89. The first-order valence-corrected chi connectivity index (χ1v) is 9.04. The second-order valence-corrected chi connectivity index (χ2v) is 6.64. The minimum atomic E-state index is -0.220. The molecule has 0 saturated heterocycles. The Hall–Kier alpha value is -1.14. The summed E-state index contributed by atoms with van der Waals surface area (Å²) in [6, 6.07) is 6.97. The molecule has 122 valence electrons. The first-order valence-electron chi connectivity index (χ1n) is 6.68. The number of nitrogens with zero attached hydrogens (tertiary/aromatic N) is 1. The number of hydrogen-bond acceptors (Lipinski definition) is 4. The maximum absolute atomic E-state index is 12.2. The molecule has 0 atom stereocenters. The Morgan fingerprint density at radius 3 is 2.65 bits per heavy atom. The van der Waals surface area contributed by atoms with Crippen molar-refractivity contribution >= 4 is 58.3 Å². The highest BCUT2D eigenvalue weighted by atomic mass is 35.5. The van der Waals surface area contributed by atoms with Gasteiger partial charge in [0.05, 0.1) is 20.6 Å². The van der Waals surface area contributed by atoms with Crippen LogP contribution in [0.4, 0.5) is 5.82 Å². The Kier molecular flexibility index (Phi) is 6.84. The number of pyridine rings is 1. The molecule has 4 nitrogen and oxygen atoms in total. The lowest BCUT2D eigenvalue weighted by Gasteiger charge is -2.10. The standard InChI is InChI=1S/C15H14Cl3N3OS/c1-23-10-2-3-12(17)11(7-10)15(22)20-5-4-19-14-13(18)6-9(16)8-21-14/h2-3,6-8H,4-5H2,1H3,(H,19,21)(H,20,22). The van der Waals surface area contributed by atoms with Gasteiger partial charge in [0.1, 0.15) is 5.82 Å². The van der Waals surface area contributed by atoms with Crippen LogP contribution in [0, 0.1) is 0 Å². The zero-order valence-corrected chi connectivity index (χ0v) is 15.3. The summed E-state index contributed by atoms with van der Waals surface area (Å²) in [5.41, 5.74) is 0.459. The fourth-order valence-electron chi connectivity index (χ4n) is 1.80. The summed E-state index contributed by atoms with van der Waals surface area (Å²) >= 11 is 19.4. The van der Waals surface area contributed by atoms with E-state index in [0.717, 1.165) is 4.90 Å². The maximum atomic E-state index is 12.2. The zero-order valence-electron chi connectivity index (χ0n) is 12.2. The van der Waals surface area contributed by atoms with Gasteiger partial charge in [0, 0.05) is 24.2 Å². The van der Waals surface area contributed by atoms with E-state index in [0.29, 0.717) is 39.5 Å². The van der Waals surface area contributed by atoms with Crippen LogP contribution in [0.15, 0.2) is 35.4 Å². The van der Waals surface area contributed by atoms with E-state index in [1.54, 1.807) is 30.0 Å². The van der Waals surface area contributed by atoms with Crippen LogP contribution in [0.2, 0.25) is 15.1 Å². The number of carbonyl (C=O) groups is 1. The van der Waals surface area contributed by atoms with Gasteiger partial charge in [-0.25, -0.2) is 4.98 Å². The van der Waals surface area contributed by atoms with Gasteiger partial charge in [-0.3, -0.25) is 4.79 Å². The summed E-state index contributed by atoms with van der Waals surface area (Å²) in [6.45, 7) is 0.874. The number of amides is 1. The molecule has 2 N–H and O–H groups in total. The quantitative estimate of drug-likeness (QED) is 0.559. The molecule has 23 heavy (non-hydrogen) atoms. The SMILES string of the molecule is CSc1ccc(Cl)c(C(=O)NCCNc2ncc(Cl)cc2Cl)c1. The van der Waals surface area contributed by atoms with Crippen molar-refractivity contribution < 1.29 is 4.79 Å². The first kappa shape index (κ1) is 18.2. The number of benzene rings is 1. The third kappa shape index (κ3) is 5.18. The van der Waals surface area contributed by atoms with Crippen molar-refractivity contribution in [1.82, 2.24) is 10.3 Å². The minimum absolute atomic E-state index is 0.220. The molecule has 0 aliphatic rings. The number of carbonyl (C=O) groups excluding carboxylic acids is 1. The molecule has 0 radical (unpaired) electrons. The molecule has 1 amide bonds. The Morgan fingerprint density at radius 1 is 1.17 bits per heavy atom. The van der Waals surface area contributed by atoms with Crippen LogP contribution in [0.5, 0.6) is 0 Å². The van der Waals surface area contributed by atoms with E-state index in [1.165, 1.54) is 6.20 Å². The molecule has 0 saturated carbocycles. The highest BCUT2D eigenvalue weighted by Crippen LogP contribution is 2.23. The Balaban J connectivity index is 1.87. The van der Waals surface area contributed by atoms with Gasteiger partial charge < -0.3 is 10.6 Å². The molecule has 0 spiro atoms. The molecule has 0 bridgehead atoms. The Morgan fingerprint density at radius 2 is 1.96 bits per heavy atom. The molecule has 1 heterocycles. The van der Waals surface area contributed by atoms with E-state index in [9.17, 15) is 4.79 Å². The molecule has 0 aliphatic carbocycles. The van der Waals surface area contributed by atoms with E-state index >= 15 is 0 Å². The monoisotopic (exact) mass is 389 g/mol. The summed E-state index contributed by atoms with van der Waals surface area (Å²) in [6.07, 6.45) is 3.44. The molecule has 2 aromatic rings. The molecular formula is C15H14Cl3N3OS. The van der Waals surface area contributed by atoms with Crippen LogP contribution < -0.4 is 10.6 Å². The van der Waals surface area contributed by atoms with Crippen LogP contribution in [0.25, 0.3) is 0 Å². The number of hydrogen-bond donors (Lipinski definition) is 2. The minimum Gasteiger partial charge on any atom is -0.367 e. The van der Waals surface area contributed by atoms with Gasteiger partial charge in [-0.2, -0.15) is 0 Å². The number of anilines is 1. The van der Waals surface area contributed by atoms with Gasteiger partial charge in [-0.1, -0.05) is 34.8 Å². The van der Waals surface area contributed by atoms with Crippen molar-refractivity contribution in [3.8, 4) is 0 Å². The van der Waals surface area contributed by atoms with Crippen molar-refractivity contribution in [1.29, 1.82) is 0 Å².